The fourth-order valence-corrected chi connectivity index (χ4v) is 3.49. The lowest BCUT2D eigenvalue weighted by Crippen LogP contribution is -2.14. The molecule has 140 valence electrons. The summed E-state index contributed by atoms with van der Waals surface area (Å²) < 4.78 is 18.9. The number of carbonyl (C=O) groups is 1. The van der Waals surface area contributed by atoms with Gasteiger partial charge in [-0.2, -0.15) is 5.26 Å². The Morgan fingerprint density at radius 2 is 2.19 bits per heavy atom. The highest BCUT2D eigenvalue weighted by Crippen LogP contribution is 2.44. The first kappa shape index (κ1) is 18.8. The fraction of sp³-hybridized carbons (Fsp3) is 0.350. The van der Waals surface area contributed by atoms with Gasteiger partial charge in [0.05, 0.1) is 12.2 Å². The van der Waals surface area contributed by atoms with Gasteiger partial charge in [-0.3, -0.25) is 4.79 Å². The molecule has 2 N–H and O–H groups in total. The summed E-state index contributed by atoms with van der Waals surface area (Å²) in [5.41, 5.74) is 1.49. The highest BCUT2D eigenvalue weighted by molar-refractivity contribution is 5.68. The predicted molar refractivity (Wildman–Crippen MR) is 98.7 cm³/mol. The van der Waals surface area contributed by atoms with Crippen LogP contribution in [0.15, 0.2) is 36.5 Å². The molecule has 0 saturated heterocycles. The number of fused-ring (bicyclic) bond motifs is 2. The van der Waals surface area contributed by atoms with Crippen molar-refractivity contribution in [2.24, 2.45) is 11.8 Å². The van der Waals surface area contributed by atoms with E-state index in [0.717, 1.165) is 30.8 Å². The van der Waals surface area contributed by atoms with Crippen molar-refractivity contribution in [1.29, 1.82) is 5.26 Å². The molecule has 0 bridgehead atoms. The van der Waals surface area contributed by atoms with Crippen molar-refractivity contribution < 1.29 is 13.9 Å². The number of nitriles is 1. The summed E-state index contributed by atoms with van der Waals surface area (Å²) in [6.07, 6.45) is 3.99. The Hall–Kier alpha value is -2.98. The third-order valence-corrected chi connectivity index (χ3v) is 4.97. The van der Waals surface area contributed by atoms with Crippen molar-refractivity contribution >= 4 is 12.2 Å². The zero-order chi connectivity index (χ0) is 19.2. The molecule has 1 aromatic carbocycles. The molecular weight excluding hydrogens is 347 g/mol. The number of hydrogen-bond acceptors (Lipinski definition) is 5. The van der Waals surface area contributed by atoms with E-state index in [0.29, 0.717) is 35.7 Å². The molecule has 1 aliphatic carbocycles. The van der Waals surface area contributed by atoms with Crippen LogP contribution < -0.4 is 15.4 Å². The second kappa shape index (κ2) is 8.60. The first-order valence-electron chi connectivity index (χ1n) is 8.81. The average molecular weight is 368 g/mol. The number of ether oxygens (including phenoxy) is 1. The number of halogens is 1. The van der Waals surface area contributed by atoms with E-state index in [1.54, 1.807) is 24.3 Å². The summed E-state index contributed by atoms with van der Waals surface area (Å²) >= 11 is 0. The number of benzene rings is 1. The van der Waals surface area contributed by atoms with Gasteiger partial charge in [0.2, 0.25) is 6.41 Å². The number of amides is 1. The van der Waals surface area contributed by atoms with Gasteiger partial charge in [0, 0.05) is 18.2 Å². The van der Waals surface area contributed by atoms with E-state index in [2.05, 4.69) is 15.6 Å². The third-order valence-electron chi connectivity index (χ3n) is 4.97. The molecule has 4 rings (SSSR count). The van der Waals surface area contributed by atoms with Crippen molar-refractivity contribution in [2.45, 2.75) is 18.9 Å². The average Bonchev–Trinajstić information content (AvgIpc) is 3.36. The predicted octanol–water partition coefficient (Wildman–Crippen LogP) is 2.51. The Bertz CT molecular complexity index is 835. The van der Waals surface area contributed by atoms with Gasteiger partial charge < -0.3 is 15.4 Å². The summed E-state index contributed by atoms with van der Waals surface area (Å²) in [6.45, 7) is 0.759. The van der Waals surface area contributed by atoms with Crippen molar-refractivity contribution in [1.82, 2.24) is 10.3 Å². The number of hydrogen-bond donors (Lipinski definition) is 2. The molecule has 2 aromatic rings. The Balaban J connectivity index is 0.000000168. The van der Waals surface area contributed by atoms with Crippen LogP contribution in [-0.4, -0.2) is 31.1 Å². The van der Waals surface area contributed by atoms with E-state index in [1.165, 1.54) is 12.3 Å². The molecule has 1 aromatic heterocycles. The smallest absolute Gasteiger partial charge is 0.212 e. The molecule has 7 heteroatoms. The Labute approximate surface area is 157 Å². The van der Waals surface area contributed by atoms with Gasteiger partial charge in [-0.1, -0.05) is 0 Å². The number of pyridine rings is 1. The van der Waals surface area contributed by atoms with Crippen LogP contribution in [0.25, 0.3) is 0 Å². The van der Waals surface area contributed by atoms with Crippen LogP contribution in [0, 0.1) is 29.0 Å². The zero-order valence-corrected chi connectivity index (χ0v) is 15.0. The lowest BCUT2D eigenvalue weighted by molar-refractivity contribution is -0.105. The second-order valence-corrected chi connectivity index (χ2v) is 6.55. The second-order valence-electron chi connectivity index (χ2n) is 6.55. The molecule has 0 spiro atoms. The summed E-state index contributed by atoms with van der Waals surface area (Å²) in [6, 6.07) is 10.5. The van der Waals surface area contributed by atoms with Gasteiger partial charge in [0.15, 0.2) is 0 Å². The Kier molecular flexibility index (Phi) is 5.99. The quantitative estimate of drug-likeness (QED) is 0.813. The van der Waals surface area contributed by atoms with Gasteiger partial charge in [-0.05, 0) is 61.7 Å². The normalized spacial score (nSPS) is 22.2. The molecule has 6 nitrogen and oxygen atoms in total. The molecule has 27 heavy (non-hydrogen) atoms. The molecule has 1 aliphatic heterocycles. The highest BCUT2D eigenvalue weighted by atomic mass is 19.1. The molecule has 1 fully saturated rings. The van der Waals surface area contributed by atoms with E-state index in [1.807, 2.05) is 13.1 Å². The van der Waals surface area contributed by atoms with E-state index >= 15 is 0 Å². The molecule has 1 saturated carbocycles. The van der Waals surface area contributed by atoms with E-state index in [-0.39, 0.29) is 5.82 Å². The molecule has 2 heterocycles. The van der Waals surface area contributed by atoms with E-state index < -0.39 is 0 Å². The summed E-state index contributed by atoms with van der Waals surface area (Å²) in [4.78, 5) is 13.7. The molecule has 3 unspecified atom stereocenters. The number of rotatable bonds is 3. The van der Waals surface area contributed by atoms with Crippen LogP contribution in [0.5, 0.6) is 5.75 Å². The van der Waals surface area contributed by atoms with Gasteiger partial charge in [0.25, 0.3) is 0 Å². The standard InChI is InChI=1S/C13H16FNO.C7H5N3O/c1-15-13-10-4-2-8-6-9(14)3-5-12(8)16-7-11(10)13;8-3-6-1-2-7(9-4-6)10-5-11/h3,5-6,10-11,13,15H,2,4,7H2,1H3;1-2,4-5H,(H,9,10,11). The van der Waals surface area contributed by atoms with Crippen LogP contribution in [-0.2, 0) is 11.2 Å². The maximum Gasteiger partial charge on any atom is 0.212 e. The van der Waals surface area contributed by atoms with Gasteiger partial charge in [0.1, 0.15) is 23.5 Å². The number of anilines is 1. The maximum absolute atomic E-state index is 13.1. The Morgan fingerprint density at radius 3 is 2.85 bits per heavy atom. The van der Waals surface area contributed by atoms with Crippen LogP contribution in [0.1, 0.15) is 17.5 Å². The van der Waals surface area contributed by atoms with Crippen LogP contribution in [0.2, 0.25) is 0 Å². The van der Waals surface area contributed by atoms with Crippen molar-refractivity contribution in [3.05, 3.63) is 53.5 Å². The molecule has 3 atom stereocenters. The number of aromatic nitrogens is 1. The van der Waals surface area contributed by atoms with E-state index in [4.69, 9.17) is 10.00 Å². The Morgan fingerprint density at radius 1 is 1.33 bits per heavy atom. The van der Waals surface area contributed by atoms with Crippen LogP contribution in [0.4, 0.5) is 10.2 Å². The highest BCUT2D eigenvalue weighted by Gasteiger charge is 2.49. The summed E-state index contributed by atoms with van der Waals surface area (Å²) in [5.74, 6) is 2.49. The molecule has 1 amide bonds. The number of carbonyl (C=O) groups excluding carboxylic acids is 1. The summed E-state index contributed by atoms with van der Waals surface area (Å²) in [5, 5.41) is 14.1. The van der Waals surface area contributed by atoms with Crippen LogP contribution in [0.3, 0.4) is 0 Å². The van der Waals surface area contributed by atoms with Crippen molar-refractivity contribution in [3.63, 3.8) is 0 Å². The lowest BCUT2D eigenvalue weighted by atomic mass is 10.0. The third kappa shape index (κ3) is 4.60. The molecule has 2 aliphatic rings. The number of nitrogens with zero attached hydrogens (tertiary/aromatic N) is 2. The fourth-order valence-electron chi connectivity index (χ4n) is 3.49. The van der Waals surface area contributed by atoms with Crippen molar-refractivity contribution in [3.8, 4) is 11.8 Å². The van der Waals surface area contributed by atoms with Gasteiger partial charge >= 0.3 is 0 Å². The van der Waals surface area contributed by atoms with Gasteiger partial charge in [-0.15, -0.1) is 0 Å². The monoisotopic (exact) mass is 368 g/mol. The van der Waals surface area contributed by atoms with Crippen LogP contribution >= 0.6 is 0 Å². The number of nitrogens with one attached hydrogen (secondary N) is 2. The SMILES string of the molecule is CNC1C2CCc3cc(F)ccc3OCC21.N#Cc1ccc(NC=O)nc1. The minimum atomic E-state index is -0.166. The van der Waals surface area contributed by atoms with Gasteiger partial charge in [-0.25, -0.2) is 9.37 Å². The first-order valence-corrected chi connectivity index (χ1v) is 8.81. The first-order chi connectivity index (χ1) is 13.2. The zero-order valence-electron chi connectivity index (χ0n) is 15.0. The topological polar surface area (TPSA) is 87.0 Å². The lowest BCUT2D eigenvalue weighted by Gasteiger charge is -2.14. The molecule has 0 radical (unpaired) electrons. The maximum atomic E-state index is 13.1. The largest absolute Gasteiger partial charge is 0.493 e. The van der Waals surface area contributed by atoms with Crippen molar-refractivity contribution in [2.75, 3.05) is 19.0 Å². The summed E-state index contributed by atoms with van der Waals surface area (Å²) in [7, 11) is 2.00. The minimum Gasteiger partial charge on any atom is -0.493 e. The van der Waals surface area contributed by atoms with E-state index in [9.17, 15) is 9.18 Å². The number of aryl methyl sites for hydroxylation is 1. The minimum absolute atomic E-state index is 0.166. The molecular formula is C20H21FN4O2.